The number of ether oxygens (including phenoxy) is 3. The van der Waals surface area contributed by atoms with E-state index in [1.807, 2.05) is 59.7 Å². The summed E-state index contributed by atoms with van der Waals surface area (Å²) in [4.78, 5) is 51.4. The summed E-state index contributed by atoms with van der Waals surface area (Å²) in [6.07, 6.45) is 6.57. The van der Waals surface area contributed by atoms with Gasteiger partial charge < -0.3 is 23.9 Å². The fourth-order valence-electron chi connectivity index (χ4n) is 6.91. The number of amides is 1. The maximum Gasteiger partial charge on any atom is 0.307 e. The average molecular weight is 594 g/mol. The van der Waals surface area contributed by atoms with E-state index in [9.17, 15) is 14.4 Å². The number of aldehydes is 1. The topological polar surface area (TPSA) is 108 Å². The second-order valence-corrected chi connectivity index (χ2v) is 13.8. The van der Waals surface area contributed by atoms with Gasteiger partial charge >= 0.3 is 5.97 Å². The highest BCUT2D eigenvalue weighted by atomic mass is 16.6. The van der Waals surface area contributed by atoms with Gasteiger partial charge in [-0.2, -0.15) is 0 Å². The standard InChI is InChI=1S/C34H47N3O6/c1-7-23-28(20-38)37-19-29(23)42-31-26(35-25-15-14-22(41-8-2)16-27(25)36-31)13-11-9-10-12-21-18-34(21,6)43-30(39)17-24(32(37)40)33(3,4)5/h14-16,20-21,23-24,28-29H,7-13,17-19H2,1-6H3/t21-,23+,24-,28-,29+,34-/m1/s1. The molecule has 1 aromatic carbocycles. The van der Waals surface area contributed by atoms with Gasteiger partial charge in [0.25, 0.3) is 0 Å². The van der Waals surface area contributed by atoms with Crippen molar-refractivity contribution in [2.24, 2.45) is 23.2 Å². The predicted molar refractivity (Wildman–Crippen MR) is 163 cm³/mol. The molecule has 0 N–H and O–H groups in total. The van der Waals surface area contributed by atoms with Crippen LogP contribution in [-0.2, 0) is 25.5 Å². The molecule has 0 unspecified atom stereocenters. The van der Waals surface area contributed by atoms with E-state index in [-0.39, 0.29) is 30.8 Å². The summed E-state index contributed by atoms with van der Waals surface area (Å²) in [6, 6.07) is 5.05. The van der Waals surface area contributed by atoms with Gasteiger partial charge in [0.2, 0.25) is 11.8 Å². The second kappa shape index (κ2) is 12.4. The van der Waals surface area contributed by atoms with E-state index in [0.717, 1.165) is 49.6 Å². The minimum atomic E-state index is -0.655. The summed E-state index contributed by atoms with van der Waals surface area (Å²) in [6.45, 7) is 12.6. The molecule has 2 fully saturated rings. The number of esters is 1. The number of rotatable bonds is 4. The molecule has 1 aromatic heterocycles. The number of fused-ring (bicyclic) bond motifs is 5. The molecule has 2 bridgehead atoms. The zero-order chi connectivity index (χ0) is 30.9. The molecule has 3 heterocycles. The van der Waals surface area contributed by atoms with E-state index in [1.54, 1.807) is 4.90 Å². The van der Waals surface area contributed by atoms with E-state index in [4.69, 9.17) is 24.2 Å². The molecule has 2 aromatic rings. The Morgan fingerprint density at radius 2 is 1.91 bits per heavy atom. The highest BCUT2D eigenvalue weighted by Crippen LogP contribution is 2.50. The van der Waals surface area contributed by atoms with Gasteiger partial charge in [-0.25, -0.2) is 9.97 Å². The minimum Gasteiger partial charge on any atom is -0.494 e. The Bertz CT molecular complexity index is 1360. The van der Waals surface area contributed by atoms with E-state index in [0.29, 0.717) is 42.5 Å². The Kier molecular flexibility index (Phi) is 9.00. The molecule has 5 rings (SSSR count). The second-order valence-electron chi connectivity index (χ2n) is 13.8. The maximum atomic E-state index is 14.2. The third kappa shape index (κ3) is 6.65. The molecule has 1 saturated carbocycles. The first-order valence-electron chi connectivity index (χ1n) is 16.0. The summed E-state index contributed by atoms with van der Waals surface area (Å²) < 4.78 is 18.3. The number of carbonyl (C=O) groups is 3. The molecular formula is C34H47N3O6. The highest BCUT2D eigenvalue weighted by molar-refractivity contribution is 5.87. The molecule has 234 valence electrons. The zero-order valence-corrected chi connectivity index (χ0v) is 26.6. The number of benzene rings is 1. The molecule has 1 saturated heterocycles. The Hall–Kier alpha value is -3.23. The number of hydrogen-bond donors (Lipinski definition) is 0. The van der Waals surface area contributed by atoms with Gasteiger partial charge in [0.1, 0.15) is 29.4 Å². The molecule has 43 heavy (non-hydrogen) atoms. The van der Waals surface area contributed by atoms with Crippen LogP contribution < -0.4 is 9.47 Å². The van der Waals surface area contributed by atoms with Crippen LogP contribution in [0, 0.1) is 23.2 Å². The Balaban J connectivity index is 1.52. The Morgan fingerprint density at radius 3 is 2.60 bits per heavy atom. The molecule has 2 aliphatic heterocycles. The van der Waals surface area contributed by atoms with Crippen molar-refractivity contribution in [3.63, 3.8) is 0 Å². The normalized spacial score (nSPS) is 30.4. The van der Waals surface area contributed by atoms with E-state index >= 15 is 0 Å². The predicted octanol–water partition coefficient (Wildman–Crippen LogP) is 5.70. The first-order valence-corrected chi connectivity index (χ1v) is 16.0. The lowest BCUT2D eigenvalue weighted by Crippen LogP contribution is -2.46. The Labute approximate surface area is 255 Å². The van der Waals surface area contributed by atoms with Crippen molar-refractivity contribution < 1.29 is 28.6 Å². The van der Waals surface area contributed by atoms with Crippen LogP contribution in [0.3, 0.4) is 0 Å². The molecule has 0 radical (unpaired) electrons. The van der Waals surface area contributed by atoms with Crippen LogP contribution in [0.15, 0.2) is 18.2 Å². The van der Waals surface area contributed by atoms with Gasteiger partial charge in [-0.15, -0.1) is 0 Å². The molecule has 1 aliphatic carbocycles. The van der Waals surface area contributed by atoms with Crippen molar-refractivity contribution in [1.29, 1.82) is 0 Å². The number of nitrogens with zero attached hydrogens (tertiary/aromatic N) is 3. The van der Waals surface area contributed by atoms with Gasteiger partial charge in [-0.3, -0.25) is 9.59 Å². The fraction of sp³-hybridized carbons (Fsp3) is 0.676. The fourth-order valence-corrected chi connectivity index (χ4v) is 6.91. The van der Waals surface area contributed by atoms with E-state index < -0.39 is 29.1 Å². The van der Waals surface area contributed by atoms with Crippen molar-refractivity contribution in [3.8, 4) is 11.6 Å². The summed E-state index contributed by atoms with van der Waals surface area (Å²) in [7, 11) is 0. The van der Waals surface area contributed by atoms with Crippen molar-refractivity contribution in [2.45, 2.75) is 111 Å². The van der Waals surface area contributed by atoms with Crippen LogP contribution in [0.1, 0.15) is 92.2 Å². The molecule has 9 nitrogen and oxygen atoms in total. The van der Waals surface area contributed by atoms with Crippen molar-refractivity contribution in [3.05, 3.63) is 23.9 Å². The van der Waals surface area contributed by atoms with Crippen molar-refractivity contribution in [2.75, 3.05) is 13.2 Å². The van der Waals surface area contributed by atoms with Gasteiger partial charge in [0, 0.05) is 17.9 Å². The van der Waals surface area contributed by atoms with Crippen LogP contribution in [0.25, 0.3) is 11.0 Å². The summed E-state index contributed by atoms with van der Waals surface area (Å²) in [5.41, 5.74) is 1.27. The van der Waals surface area contributed by atoms with Crippen molar-refractivity contribution in [1.82, 2.24) is 14.9 Å². The van der Waals surface area contributed by atoms with Crippen LogP contribution in [0.4, 0.5) is 0 Å². The third-order valence-corrected chi connectivity index (χ3v) is 9.67. The highest BCUT2D eigenvalue weighted by Gasteiger charge is 2.54. The lowest BCUT2D eigenvalue weighted by molar-refractivity contribution is -0.158. The SMILES string of the molecule is CCOc1ccc2nc3c(nc2c1)O[C@H]1CN(C(=O)[C@H](C(C)(C)C)CC(=O)O[C@]2(C)C[C@H]2CCCCC3)[C@H](C=O)[C@@H]1CC. The summed E-state index contributed by atoms with van der Waals surface area (Å²) in [5.74, 6) is 0.0964. The molecule has 0 spiro atoms. The van der Waals surface area contributed by atoms with Gasteiger partial charge in [-0.05, 0) is 63.5 Å². The van der Waals surface area contributed by atoms with Crippen LogP contribution in [-0.4, -0.2) is 63.9 Å². The zero-order valence-electron chi connectivity index (χ0n) is 26.6. The van der Waals surface area contributed by atoms with Crippen molar-refractivity contribution >= 4 is 29.2 Å². The first kappa shape index (κ1) is 31.2. The summed E-state index contributed by atoms with van der Waals surface area (Å²) >= 11 is 0. The lowest BCUT2D eigenvalue weighted by Gasteiger charge is -2.34. The number of aryl methyl sites for hydroxylation is 1. The Morgan fingerprint density at radius 1 is 1.12 bits per heavy atom. The smallest absolute Gasteiger partial charge is 0.307 e. The third-order valence-electron chi connectivity index (χ3n) is 9.67. The average Bonchev–Trinajstić information content (AvgIpc) is 3.44. The van der Waals surface area contributed by atoms with E-state index in [2.05, 4.69) is 0 Å². The molecular weight excluding hydrogens is 546 g/mol. The number of aromatic nitrogens is 2. The molecule has 1 amide bonds. The van der Waals surface area contributed by atoms with Crippen LogP contribution >= 0.6 is 0 Å². The van der Waals surface area contributed by atoms with Crippen LogP contribution in [0.2, 0.25) is 0 Å². The monoisotopic (exact) mass is 593 g/mol. The maximum absolute atomic E-state index is 14.2. The molecule has 3 aliphatic rings. The van der Waals surface area contributed by atoms with E-state index in [1.165, 1.54) is 0 Å². The largest absolute Gasteiger partial charge is 0.494 e. The molecule has 9 heteroatoms. The minimum absolute atomic E-state index is 0.0164. The lowest BCUT2D eigenvalue weighted by atomic mass is 9.77. The van der Waals surface area contributed by atoms with Gasteiger partial charge in [-0.1, -0.05) is 40.5 Å². The number of hydrogen-bond acceptors (Lipinski definition) is 8. The molecule has 6 atom stereocenters. The van der Waals surface area contributed by atoms with Gasteiger partial charge in [0.15, 0.2) is 0 Å². The summed E-state index contributed by atoms with van der Waals surface area (Å²) in [5, 5.41) is 0. The first-order chi connectivity index (χ1) is 20.5. The quantitative estimate of drug-likeness (QED) is 0.328. The van der Waals surface area contributed by atoms with Gasteiger partial charge in [0.05, 0.1) is 42.6 Å². The van der Waals surface area contributed by atoms with Crippen LogP contribution in [0.5, 0.6) is 11.6 Å². The number of carbonyl (C=O) groups excluding carboxylic acids is 3.